The molecule has 12 nitrogen and oxygen atoms in total. The van der Waals surface area contributed by atoms with E-state index >= 15 is 4.39 Å². The molecule has 4 aromatic rings. The molecular formula is C40H48FN9O3. The van der Waals surface area contributed by atoms with Crippen molar-refractivity contribution in [3.63, 3.8) is 0 Å². The second kappa shape index (κ2) is 14.8. The van der Waals surface area contributed by atoms with Crippen LogP contribution in [0.5, 0.6) is 0 Å². The number of nitrogens with one attached hydrogen (secondary N) is 3. The van der Waals surface area contributed by atoms with E-state index in [1.165, 1.54) is 5.56 Å². The van der Waals surface area contributed by atoms with Crippen LogP contribution in [0.15, 0.2) is 54.9 Å². The van der Waals surface area contributed by atoms with Gasteiger partial charge in [-0.15, -0.1) is 0 Å². The molecule has 0 spiro atoms. The first-order valence-corrected chi connectivity index (χ1v) is 19.2. The molecule has 13 heteroatoms. The highest BCUT2D eigenvalue weighted by atomic mass is 19.1. The number of pyridine rings is 1. The number of fused-ring (bicyclic) bond motifs is 1. The van der Waals surface area contributed by atoms with E-state index < -0.39 is 5.67 Å². The third kappa shape index (κ3) is 7.49. The Balaban J connectivity index is 0.827. The fourth-order valence-corrected chi connectivity index (χ4v) is 8.83. The third-order valence-electron chi connectivity index (χ3n) is 11.9. The van der Waals surface area contributed by atoms with Crippen molar-refractivity contribution in [1.82, 2.24) is 35.1 Å². The molecule has 8 rings (SSSR count). The third-order valence-corrected chi connectivity index (χ3v) is 11.9. The number of aromatic nitrogens is 4. The number of hydrogen-bond donors (Lipinski definition) is 3. The summed E-state index contributed by atoms with van der Waals surface area (Å²) in [4.78, 5) is 54.9. The summed E-state index contributed by atoms with van der Waals surface area (Å²) >= 11 is 0. The molecule has 4 aliphatic rings. The van der Waals surface area contributed by atoms with Gasteiger partial charge in [-0.25, -0.2) is 14.4 Å². The Kier molecular flexibility index (Phi) is 9.84. The average molecular weight is 722 g/mol. The fraction of sp³-hybridized carbons (Fsp3) is 0.500. The van der Waals surface area contributed by atoms with Crippen molar-refractivity contribution >= 4 is 46.2 Å². The van der Waals surface area contributed by atoms with E-state index in [4.69, 9.17) is 4.98 Å². The van der Waals surface area contributed by atoms with E-state index in [1.807, 2.05) is 36.5 Å². The van der Waals surface area contributed by atoms with E-state index in [0.29, 0.717) is 68.7 Å². The second-order valence-corrected chi connectivity index (χ2v) is 15.3. The predicted molar refractivity (Wildman–Crippen MR) is 201 cm³/mol. The Morgan fingerprint density at radius 2 is 1.66 bits per heavy atom. The van der Waals surface area contributed by atoms with Gasteiger partial charge in [0.05, 0.1) is 17.8 Å². The number of amides is 3. The Morgan fingerprint density at radius 1 is 0.925 bits per heavy atom. The Morgan fingerprint density at radius 3 is 2.34 bits per heavy atom. The maximum absolute atomic E-state index is 16.2. The van der Waals surface area contributed by atoms with Crippen LogP contribution in [-0.2, 0) is 9.59 Å². The van der Waals surface area contributed by atoms with Crippen molar-refractivity contribution in [1.29, 1.82) is 0 Å². The first kappa shape index (κ1) is 35.1. The molecule has 4 fully saturated rings. The van der Waals surface area contributed by atoms with Crippen molar-refractivity contribution in [3.05, 3.63) is 71.7 Å². The Labute approximate surface area is 308 Å². The van der Waals surface area contributed by atoms with Gasteiger partial charge >= 0.3 is 0 Å². The molecule has 1 aromatic carbocycles. The van der Waals surface area contributed by atoms with Gasteiger partial charge in [0.15, 0.2) is 0 Å². The highest BCUT2D eigenvalue weighted by molar-refractivity contribution is 6.01. The molecule has 53 heavy (non-hydrogen) atoms. The number of piperidine rings is 3. The molecule has 3 aliphatic heterocycles. The number of alkyl halides is 1. The van der Waals surface area contributed by atoms with E-state index in [0.717, 1.165) is 73.9 Å². The number of rotatable bonds is 9. The van der Waals surface area contributed by atoms with Gasteiger partial charge in [-0.05, 0) is 80.4 Å². The van der Waals surface area contributed by atoms with E-state index in [9.17, 15) is 14.4 Å². The van der Waals surface area contributed by atoms with Gasteiger partial charge in [-0.2, -0.15) is 4.98 Å². The highest BCUT2D eigenvalue weighted by Crippen LogP contribution is 2.36. The van der Waals surface area contributed by atoms with Gasteiger partial charge in [0.1, 0.15) is 22.8 Å². The lowest BCUT2D eigenvalue weighted by Crippen LogP contribution is -2.49. The summed E-state index contributed by atoms with van der Waals surface area (Å²) in [6, 6.07) is 14.3. The van der Waals surface area contributed by atoms with E-state index in [1.54, 1.807) is 13.2 Å². The molecule has 3 saturated heterocycles. The smallest absolute Gasteiger partial charge is 0.267 e. The summed E-state index contributed by atoms with van der Waals surface area (Å²) in [5.41, 5.74) is 3.32. The molecule has 3 aromatic heterocycles. The van der Waals surface area contributed by atoms with Crippen LogP contribution in [0, 0.1) is 0 Å². The van der Waals surface area contributed by atoms with Crippen LogP contribution in [0.3, 0.4) is 0 Å². The fourth-order valence-electron chi connectivity index (χ4n) is 8.83. The minimum atomic E-state index is -1.22. The van der Waals surface area contributed by atoms with Crippen molar-refractivity contribution in [2.24, 2.45) is 0 Å². The van der Waals surface area contributed by atoms with Crippen LogP contribution >= 0.6 is 0 Å². The molecule has 0 radical (unpaired) electrons. The van der Waals surface area contributed by atoms with Gasteiger partial charge < -0.3 is 25.0 Å². The van der Waals surface area contributed by atoms with Crippen LogP contribution in [0.1, 0.15) is 104 Å². The minimum Gasteiger partial charge on any atom is -0.370 e. The number of benzene rings is 1. The van der Waals surface area contributed by atoms with Gasteiger partial charge in [-0.3, -0.25) is 19.7 Å². The van der Waals surface area contributed by atoms with Crippen molar-refractivity contribution in [2.75, 3.05) is 50.0 Å². The number of carbonyl (C=O) groups is 3. The number of halogens is 1. The molecule has 3 amide bonds. The summed E-state index contributed by atoms with van der Waals surface area (Å²) in [6.45, 7) is 3.46. The summed E-state index contributed by atoms with van der Waals surface area (Å²) in [5.74, 6) is 0.663. The average Bonchev–Trinajstić information content (AvgIpc) is 3.84. The maximum Gasteiger partial charge on any atom is 0.267 e. The molecule has 6 heterocycles. The molecular weight excluding hydrogens is 673 g/mol. The normalized spacial score (nSPS) is 21.5. The first-order chi connectivity index (χ1) is 25.7. The number of nitrogens with zero attached hydrogens (tertiary/aromatic N) is 6. The monoisotopic (exact) mass is 721 g/mol. The standard InChI is InChI=1S/C40H48FN9O3/c1-42-38(53)33-22-29-23-44-39(47-36(29)50(33)30-4-2-3-5-30)45-34-12-10-31(24-43-34)49-20-16-40(41,17-21-49)25-48-18-14-27(15-19-48)26-6-8-28(9-7-26)32-11-13-35(51)46-37(32)52/h6-10,12,22-24,27,30,32H,2-5,11,13-21,25H2,1H3,(H,42,53)(H,46,51,52)(H,43,44,45,47). The van der Waals surface area contributed by atoms with Crippen molar-refractivity contribution in [3.8, 4) is 0 Å². The maximum atomic E-state index is 16.2. The number of imide groups is 1. The quantitative estimate of drug-likeness (QED) is 0.185. The molecule has 1 atom stereocenters. The number of hydrogen-bond acceptors (Lipinski definition) is 9. The lowest BCUT2D eigenvalue weighted by atomic mass is 9.85. The van der Waals surface area contributed by atoms with Gasteiger partial charge in [0, 0.05) is 63.6 Å². The van der Waals surface area contributed by atoms with Crippen LogP contribution in [-0.4, -0.2) is 87.6 Å². The van der Waals surface area contributed by atoms with Gasteiger partial charge in [-0.1, -0.05) is 37.1 Å². The largest absolute Gasteiger partial charge is 0.370 e. The van der Waals surface area contributed by atoms with Crippen molar-refractivity contribution in [2.45, 2.75) is 87.8 Å². The Bertz CT molecular complexity index is 1960. The summed E-state index contributed by atoms with van der Waals surface area (Å²) in [6.07, 6.45) is 11.7. The zero-order valence-electron chi connectivity index (χ0n) is 30.3. The first-order valence-electron chi connectivity index (χ1n) is 19.2. The topological polar surface area (TPSA) is 137 Å². The van der Waals surface area contributed by atoms with Crippen molar-refractivity contribution < 1.29 is 18.8 Å². The molecule has 1 aliphatic carbocycles. The van der Waals surface area contributed by atoms with Gasteiger partial charge in [0.2, 0.25) is 17.8 Å². The number of likely N-dealkylation sites (tertiary alicyclic amines) is 1. The molecule has 1 unspecified atom stereocenters. The zero-order chi connectivity index (χ0) is 36.5. The van der Waals surface area contributed by atoms with Crippen LogP contribution in [0.4, 0.5) is 21.8 Å². The molecule has 278 valence electrons. The predicted octanol–water partition coefficient (Wildman–Crippen LogP) is 5.75. The lowest BCUT2D eigenvalue weighted by Gasteiger charge is -2.41. The van der Waals surface area contributed by atoms with Crippen LogP contribution in [0.2, 0.25) is 0 Å². The SMILES string of the molecule is CNC(=O)c1cc2cnc(Nc3ccc(N4CCC(F)(CN5CCC(c6ccc(C7CCC(=O)NC7=O)cc6)CC5)CC4)cn3)nc2n1C1CCCC1. The summed E-state index contributed by atoms with van der Waals surface area (Å²) in [5, 5.41) is 9.27. The van der Waals surface area contributed by atoms with Crippen LogP contribution < -0.4 is 20.9 Å². The lowest BCUT2D eigenvalue weighted by molar-refractivity contribution is -0.134. The highest BCUT2D eigenvalue weighted by Gasteiger charge is 2.37. The molecule has 0 bridgehead atoms. The number of carbonyl (C=O) groups excluding carboxylic acids is 3. The second-order valence-electron chi connectivity index (χ2n) is 15.3. The molecule has 3 N–H and O–H groups in total. The summed E-state index contributed by atoms with van der Waals surface area (Å²) in [7, 11) is 1.65. The molecule has 1 saturated carbocycles. The van der Waals surface area contributed by atoms with E-state index in [-0.39, 0.29) is 29.7 Å². The Hall–Kier alpha value is -4.91. The van der Waals surface area contributed by atoms with E-state index in [2.05, 4.69) is 52.4 Å². The summed E-state index contributed by atoms with van der Waals surface area (Å²) < 4.78 is 18.2. The minimum absolute atomic E-state index is 0.126. The van der Waals surface area contributed by atoms with Crippen LogP contribution in [0.25, 0.3) is 11.0 Å². The zero-order valence-corrected chi connectivity index (χ0v) is 30.3. The van der Waals surface area contributed by atoms with Gasteiger partial charge in [0.25, 0.3) is 5.91 Å². The number of anilines is 3.